The van der Waals surface area contributed by atoms with Crippen LogP contribution in [-0.2, 0) is 14.3 Å². The summed E-state index contributed by atoms with van der Waals surface area (Å²) >= 11 is 0. The number of aliphatic hydroxyl groups is 1. The van der Waals surface area contributed by atoms with Crippen molar-refractivity contribution in [3.05, 3.63) is 24.3 Å². The summed E-state index contributed by atoms with van der Waals surface area (Å²) in [6.07, 6.45) is 13.2. The summed E-state index contributed by atoms with van der Waals surface area (Å²) < 4.78 is 12.3. The van der Waals surface area contributed by atoms with Gasteiger partial charge in [-0.2, -0.15) is 0 Å². The summed E-state index contributed by atoms with van der Waals surface area (Å²) in [4.78, 5) is 11.9. The molecule has 1 heterocycles. The Hall–Kier alpha value is -1.13. The quantitative estimate of drug-likeness (QED) is 0.290. The van der Waals surface area contributed by atoms with Gasteiger partial charge in [0.25, 0.3) is 0 Å². The van der Waals surface area contributed by atoms with E-state index in [4.69, 9.17) is 9.47 Å². The average molecular weight is 471 g/mol. The zero-order valence-electron chi connectivity index (χ0n) is 22.0. The summed E-state index contributed by atoms with van der Waals surface area (Å²) in [5, 5.41) is 10.5. The van der Waals surface area contributed by atoms with Crippen LogP contribution >= 0.6 is 0 Å². The second-order valence-electron chi connectivity index (χ2n) is 13.1. The Morgan fingerprint density at radius 1 is 1.18 bits per heavy atom. The first kappa shape index (κ1) is 24.6. The minimum atomic E-state index is -0.287. The normalized spacial score (nSPS) is 48.0. The molecule has 1 saturated heterocycles. The van der Waals surface area contributed by atoms with E-state index >= 15 is 0 Å². The van der Waals surface area contributed by atoms with Crippen molar-refractivity contribution in [2.75, 3.05) is 6.61 Å². The van der Waals surface area contributed by atoms with Gasteiger partial charge in [0.15, 0.2) is 0 Å². The SMILES string of the molecule is C=C(C=CC(C)C1CCC2C3CC4OC45CC(O)CCC5(COC(C)=O)C3CCC12C)C(C)C. The first-order valence-electron chi connectivity index (χ1n) is 13.9. The van der Waals surface area contributed by atoms with Crippen LogP contribution in [0.5, 0.6) is 0 Å². The molecule has 10 unspecified atom stereocenters. The van der Waals surface area contributed by atoms with Crippen LogP contribution in [0, 0.1) is 46.3 Å². The first-order chi connectivity index (χ1) is 16.0. The van der Waals surface area contributed by atoms with Crippen LogP contribution in [0.1, 0.15) is 86.0 Å². The number of aliphatic hydroxyl groups excluding tert-OH is 1. The number of esters is 1. The number of hydrogen-bond donors (Lipinski definition) is 1. The van der Waals surface area contributed by atoms with Gasteiger partial charge in [-0.1, -0.05) is 52.0 Å². The van der Waals surface area contributed by atoms with Gasteiger partial charge in [0.1, 0.15) is 12.2 Å². The molecule has 4 heteroatoms. The number of allylic oxidation sites excluding steroid dienone is 3. The topological polar surface area (TPSA) is 59.1 Å². The molecule has 5 fully saturated rings. The summed E-state index contributed by atoms with van der Waals surface area (Å²) in [6, 6.07) is 0. The largest absolute Gasteiger partial charge is 0.465 e. The number of carbonyl (C=O) groups excluding carboxylic acids is 1. The fourth-order valence-corrected chi connectivity index (χ4v) is 9.45. The average Bonchev–Trinajstić information content (AvgIpc) is 3.35. The molecular formula is C30H46O4. The molecule has 0 aromatic carbocycles. The van der Waals surface area contributed by atoms with Crippen molar-refractivity contribution in [2.45, 2.75) is 104 Å². The Kier molecular flexibility index (Phi) is 6.12. The highest BCUT2D eigenvalue weighted by Gasteiger charge is 2.78. The fraction of sp³-hybridized carbons (Fsp3) is 0.833. The molecule has 1 spiro atoms. The Labute approximate surface area is 206 Å². The van der Waals surface area contributed by atoms with Crippen molar-refractivity contribution < 1.29 is 19.4 Å². The Bertz CT molecular complexity index is 862. The lowest BCUT2D eigenvalue weighted by Gasteiger charge is -2.60. The van der Waals surface area contributed by atoms with Crippen LogP contribution in [0.15, 0.2) is 24.3 Å². The Morgan fingerprint density at radius 2 is 1.94 bits per heavy atom. The molecule has 5 rings (SSSR count). The number of rotatable bonds is 6. The van der Waals surface area contributed by atoms with Crippen LogP contribution in [0.3, 0.4) is 0 Å². The summed E-state index contributed by atoms with van der Waals surface area (Å²) in [5.41, 5.74) is 1.19. The maximum Gasteiger partial charge on any atom is 0.302 e. The highest BCUT2D eigenvalue weighted by Crippen LogP contribution is 2.74. The molecule has 190 valence electrons. The molecule has 34 heavy (non-hydrogen) atoms. The smallest absolute Gasteiger partial charge is 0.302 e. The van der Waals surface area contributed by atoms with Gasteiger partial charge < -0.3 is 14.6 Å². The molecule has 5 aliphatic rings. The van der Waals surface area contributed by atoms with Crippen LogP contribution in [0.4, 0.5) is 0 Å². The third-order valence-electron chi connectivity index (χ3n) is 11.4. The van der Waals surface area contributed by atoms with Crippen molar-refractivity contribution >= 4 is 5.97 Å². The standard InChI is InChI=1S/C30H46O4/c1-18(2)19(3)7-8-20(4)24-9-10-25-23-15-27-30(34-27)16-22(32)11-14-29(30,17-33-21(5)31)26(23)12-13-28(24,25)6/h7-8,18,20,22-27,32H,3,9-17H2,1-2,4-6H3. The van der Waals surface area contributed by atoms with Crippen LogP contribution in [0.25, 0.3) is 0 Å². The van der Waals surface area contributed by atoms with Gasteiger partial charge >= 0.3 is 5.97 Å². The molecular weight excluding hydrogens is 424 g/mol. The molecule has 0 aromatic heterocycles. The molecule has 1 aliphatic heterocycles. The molecule has 10 atom stereocenters. The number of carbonyl (C=O) groups is 1. The Morgan fingerprint density at radius 3 is 2.65 bits per heavy atom. The van der Waals surface area contributed by atoms with Crippen molar-refractivity contribution in [1.82, 2.24) is 0 Å². The summed E-state index contributed by atoms with van der Waals surface area (Å²) in [5.74, 6) is 3.44. The Balaban J connectivity index is 1.40. The third-order valence-corrected chi connectivity index (χ3v) is 11.4. The number of hydrogen-bond acceptors (Lipinski definition) is 4. The van der Waals surface area contributed by atoms with E-state index in [-0.39, 0.29) is 29.2 Å². The van der Waals surface area contributed by atoms with Gasteiger partial charge in [-0.15, -0.1) is 0 Å². The highest BCUT2D eigenvalue weighted by atomic mass is 16.6. The van der Waals surface area contributed by atoms with E-state index in [1.54, 1.807) is 0 Å². The van der Waals surface area contributed by atoms with Gasteiger partial charge in [0.2, 0.25) is 0 Å². The molecule has 1 N–H and O–H groups in total. The lowest BCUT2D eigenvalue weighted by molar-refractivity contribution is -0.169. The lowest BCUT2D eigenvalue weighted by Crippen LogP contribution is -2.61. The van der Waals surface area contributed by atoms with E-state index in [2.05, 4.69) is 46.4 Å². The number of ether oxygens (including phenoxy) is 2. The lowest BCUT2D eigenvalue weighted by atomic mass is 9.44. The molecule has 0 radical (unpaired) electrons. The fourth-order valence-electron chi connectivity index (χ4n) is 9.45. The molecule has 4 aliphatic carbocycles. The summed E-state index contributed by atoms with van der Waals surface area (Å²) in [6.45, 7) is 15.6. The van der Waals surface area contributed by atoms with E-state index in [9.17, 15) is 9.90 Å². The van der Waals surface area contributed by atoms with Gasteiger partial charge in [0, 0.05) is 18.8 Å². The van der Waals surface area contributed by atoms with Gasteiger partial charge in [-0.05, 0) is 85.9 Å². The monoisotopic (exact) mass is 470 g/mol. The summed E-state index contributed by atoms with van der Waals surface area (Å²) in [7, 11) is 0. The van der Waals surface area contributed by atoms with E-state index in [1.807, 2.05) is 0 Å². The molecule has 0 amide bonds. The minimum Gasteiger partial charge on any atom is -0.465 e. The number of fused-ring (bicyclic) bond motifs is 4. The minimum absolute atomic E-state index is 0.120. The third kappa shape index (κ3) is 3.57. The van der Waals surface area contributed by atoms with E-state index in [0.717, 1.165) is 19.3 Å². The number of epoxide rings is 1. The van der Waals surface area contributed by atoms with Gasteiger partial charge in [0.05, 0.1) is 12.2 Å². The van der Waals surface area contributed by atoms with Crippen molar-refractivity contribution in [3.8, 4) is 0 Å². The predicted octanol–water partition coefficient (Wildman–Crippen LogP) is 6.09. The maximum atomic E-state index is 11.9. The molecule has 4 saturated carbocycles. The first-order valence-corrected chi connectivity index (χ1v) is 13.9. The van der Waals surface area contributed by atoms with E-state index in [0.29, 0.717) is 54.0 Å². The second kappa shape index (κ2) is 8.47. The second-order valence-corrected chi connectivity index (χ2v) is 13.1. The molecule has 0 bridgehead atoms. The van der Waals surface area contributed by atoms with Crippen molar-refractivity contribution in [2.24, 2.45) is 46.3 Å². The van der Waals surface area contributed by atoms with Crippen LogP contribution in [0.2, 0.25) is 0 Å². The zero-order chi connectivity index (χ0) is 24.5. The van der Waals surface area contributed by atoms with Crippen molar-refractivity contribution in [3.63, 3.8) is 0 Å². The van der Waals surface area contributed by atoms with Crippen molar-refractivity contribution in [1.29, 1.82) is 0 Å². The van der Waals surface area contributed by atoms with E-state index < -0.39 is 0 Å². The van der Waals surface area contributed by atoms with Crippen LogP contribution in [-0.4, -0.2) is 35.5 Å². The van der Waals surface area contributed by atoms with E-state index in [1.165, 1.54) is 38.2 Å². The zero-order valence-corrected chi connectivity index (χ0v) is 22.0. The van der Waals surface area contributed by atoms with Gasteiger partial charge in [-0.25, -0.2) is 0 Å². The maximum absolute atomic E-state index is 11.9. The van der Waals surface area contributed by atoms with Gasteiger partial charge in [-0.3, -0.25) is 4.79 Å². The highest BCUT2D eigenvalue weighted by molar-refractivity contribution is 5.66. The molecule has 0 aromatic rings. The predicted molar refractivity (Wildman–Crippen MR) is 134 cm³/mol. The van der Waals surface area contributed by atoms with Crippen LogP contribution < -0.4 is 0 Å². The molecule has 4 nitrogen and oxygen atoms in total.